The van der Waals surface area contributed by atoms with Gasteiger partial charge in [-0.3, -0.25) is 4.79 Å². The SMILES string of the molecule is CN(CCO)c1ccc(NC(=O)CCc2ccc(Cl)s2)cc1. The maximum Gasteiger partial charge on any atom is 0.224 e. The van der Waals surface area contributed by atoms with E-state index in [1.807, 2.05) is 48.3 Å². The van der Waals surface area contributed by atoms with Crippen molar-refractivity contribution in [2.75, 3.05) is 30.4 Å². The number of aliphatic hydroxyl groups is 1. The zero-order valence-electron chi connectivity index (χ0n) is 12.4. The number of rotatable bonds is 7. The van der Waals surface area contributed by atoms with E-state index in [1.54, 1.807) is 0 Å². The van der Waals surface area contributed by atoms with Crippen LogP contribution in [0.4, 0.5) is 11.4 Å². The molecular formula is C16H19ClN2O2S. The summed E-state index contributed by atoms with van der Waals surface area (Å²) in [4.78, 5) is 15.0. The van der Waals surface area contributed by atoms with Gasteiger partial charge in [-0.1, -0.05) is 11.6 Å². The van der Waals surface area contributed by atoms with Gasteiger partial charge in [0.05, 0.1) is 10.9 Å². The summed E-state index contributed by atoms with van der Waals surface area (Å²) in [5, 5.41) is 11.8. The monoisotopic (exact) mass is 338 g/mol. The summed E-state index contributed by atoms with van der Waals surface area (Å²) in [6, 6.07) is 11.4. The first-order valence-electron chi connectivity index (χ1n) is 7.04. The van der Waals surface area contributed by atoms with Gasteiger partial charge >= 0.3 is 0 Å². The first-order chi connectivity index (χ1) is 10.6. The second kappa shape index (κ2) is 8.17. The van der Waals surface area contributed by atoms with Crippen molar-refractivity contribution in [3.05, 3.63) is 45.6 Å². The maximum absolute atomic E-state index is 11.9. The first-order valence-corrected chi connectivity index (χ1v) is 8.24. The molecule has 1 aromatic carbocycles. The maximum atomic E-state index is 11.9. The van der Waals surface area contributed by atoms with Gasteiger partial charge < -0.3 is 15.3 Å². The Hall–Kier alpha value is -1.56. The van der Waals surface area contributed by atoms with Crippen molar-refractivity contribution < 1.29 is 9.90 Å². The van der Waals surface area contributed by atoms with Crippen molar-refractivity contribution >= 4 is 40.2 Å². The zero-order valence-corrected chi connectivity index (χ0v) is 14.0. The average molecular weight is 339 g/mol. The summed E-state index contributed by atoms with van der Waals surface area (Å²) >= 11 is 7.37. The zero-order chi connectivity index (χ0) is 15.9. The molecule has 0 saturated heterocycles. The Bertz CT molecular complexity index is 613. The van der Waals surface area contributed by atoms with Crippen LogP contribution in [0.25, 0.3) is 0 Å². The number of hydrogen-bond acceptors (Lipinski definition) is 4. The number of thiophene rings is 1. The second-order valence-electron chi connectivity index (χ2n) is 4.95. The fraction of sp³-hybridized carbons (Fsp3) is 0.312. The molecule has 0 atom stereocenters. The highest BCUT2D eigenvalue weighted by Crippen LogP contribution is 2.22. The molecule has 0 bridgehead atoms. The molecule has 2 aromatic rings. The number of aryl methyl sites for hydroxylation is 1. The number of likely N-dealkylation sites (N-methyl/N-ethyl adjacent to an activating group) is 1. The van der Waals surface area contributed by atoms with Crippen LogP contribution in [0.3, 0.4) is 0 Å². The fourth-order valence-electron chi connectivity index (χ4n) is 2.02. The number of nitrogens with one attached hydrogen (secondary N) is 1. The van der Waals surface area contributed by atoms with Crippen LogP contribution in [0.5, 0.6) is 0 Å². The molecule has 22 heavy (non-hydrogen) atoms. The van der Waals surface area contributed by atoms with Crippen LogP contribution in [0.1, 0.15) is 11.3 Å². The summed E-state index contributed by atoms with van der Waals surface area (Å²) in [6.45, 7) is 0.691. The molecule has 6 heteroatoms. The predicted octanol–water partition coefficient (Wildman–Crippen LogP) is 3.40. The Morgan fingerprint density at radius 3 is 2.59 bits per heavy atom. The Labute approximate surface area is 139 Å². The summed E-state index contributed by atoms with van der Waals surface area (Å²) < 4.78 is 0.748. The molecule has 1 heterocycles. The normalized spacial score (nSPS) is 10.5. The Balaban J connectivity index is 1.83. The Kier molecular flexibility index (Phi) is 6.24. The minimum atomic E-state index is -0.0130. The second-order valence-corrected chi connectivity index (χ2v) is 6.75. The van der Waals surface area contributed by atoms with E-state index >= 15 is 0 Å². The van der Waals surface area contributed by atoms with Gasteiger partial charge in [-0.05, 0) is 42.8 Å². The number of amides is 1. The average Bonchev–Trinajstić information content (AvgIpc) is 2.92. The smallest absolute Gasteiger partial charge is 0.224 e. The van der Waals surface area contributed by atoms with Crippen LogP contribution in [0, 0.1) is 0 Å². The van der Waals surface area contributed by atoms with Gasteiger partial charge in [-0.25, -0.2) is 0 Å². The molecule has 1 aromatic heterocycles. The third kappa shape index (κ3) is 5.02. The highest BCUT2D eigenvalue weighted by Gasteiger charge is 2.06. The number of halogens is 1. The van der Waals surface area contributed by atoms with E-state index in [-0.39, 0.29) is 12.5 Å². The standard InChI is InChI=1S/C16H19ClN2O2S/c1-19(10-11-20)13-4-2-12(3-5-13)18-16(21)9-7-14-6-8-15(17)22-14/h2-6,8,20H,7,9-11H2,1H3,(H,18,21). The van der Waals surface area contributed by atoms with Crippen molar-refractivity contribution in [1.82, 2.24) is 0 Å². The van der Waals surface area contributed by atoms with Gasteiger partial charge in [-0.15, -0.1) is 11.3 Å². The summed E-state index contributed by atoms with van der Waals surface area (Å²) in [6.07, 6.45) is 1.13. The van der Waals surface area contributed by atoms with E-state index in [2.05, 4.69) is 5.32 Å². The van der Waals surface area contributed by atoms with E-state index < -0.39 is 0 Å². The number of carbonyl (C=O) groups is 1. The largest absolute Gasteiger partial charge is 0.395 e. The van der Waals surface area contributed by atoms with E-state index in [4.69, 9.17) is 16.7 Å². The molecule has 118 valence electrons. The van der Waals surface area contributed by atoms with E-state index in [9.17, 15) is 4.79 Å². The lowest BCUT2D eigenvalue weighted by Crippen LogP contribution is -2.21. The van der Waals surface area contributed by atoms with Crippen molar-refractivity contribution in [2.45, 2.75) is 12.8 Å². The number of aliphatic hydroxyl groups excluding tert-OH is 1. The number of hydrogen-bond donors (Lipinski definition) is 2. The van der Waals surface area contributed by atoms with Crippen molar-refractivity contribution in [2.24, 2.45) is 0 Å². The predicted molar refractivity (Wildman–Crippen MR) is 93.1 cm³/mol. The van der Waals surface area contributed by atoms with Gasteiger partial charge in [0, 0.05) is 36.3 Å². The van der Waals surface area contributed by atoms with E-state index in [0.717, 1.165) is 20.6 Å². The summed E-state index contributed by atoms with van der Waals surface area (Å²) in [5.74, 6) is -0.0130. The third-order valence-corrected chi connectivity index (χ3v) is 4.55. The number of nitrogens with zero attached hydrogens (tertiary/aromatic N) is 1. The van der Waals surface area contributed by atoms with Crippen LogP contribution in [-0.2, 0) is 11.2 Å². The molecule has 0 aliphatic heterocycles. The van der Waals surface area contributed by atoms with Gasteiger partial charge in [0.2, 0.25) is 5.91 Å². The lowest BCUT2D eigenvalue weighted by Gasteiger charge is -2.18. The molecule has 0 aliphatic carbocycles. The van der Waals surface area contributed by atoms with Crippen LogP contribution < -0.4 is 10.2 Å². The molecular weight excluding hydrogens is 320 g/mol. The van der Waals surface area contributed by atoms with Crippen molar-refractivity contribution in [3.63, 3.8) is 0 Å². The molecule has 0 unspecified atom stereocenters. The van der Waals surface area contributed by atoms with E-state index in [0.29, 0.717) is 19.4 Å². The van der Waals surface area contributed by atoms with Crippen LogP contribution in [0.15, 0.2) is 36.4 Å². The van der Waals surface area contributed by atoms with Crippen molar-refractivity contribution in [1.29, 1.82) is 0 Å². The van der Waals surface area contributed by atoms with Crippen molar-refractivity contribution in [3.8, 4) is 0 Å². The van der Waals surface area contributed by atoms with Gasteiger partial charge in [0.25, 0.3) is 0 Å². The Morgan fingerprint density at radius 2 is 2.00 bits per heavy atom. The highest BCUT2D eigenvalue weighted by molar-refractivity contribution is 7.16. The Morgan fingerprint density at radius 1 is 1.27 bits per heavy atom. The van der Waals surface area contributed by atoms with E-state index in [1.165, 1.54) is 11.3 Å². The topological polar surface area (TPSA) is 52.6 Å². The lowest BCUT2D eigenvalue weighted by molar-refractivity contribution is -0.116. The molecule has 4 nitrogen and oxygen atoms in total. The summed E-state index contributed by atoms with van der Waals surface area (Å²) in [5.41, 5.74) is 1.77. The quantitative estimate of drug-likeness (QED) is 0.813. The van der Waals surface area contributed by atoms with Crippen LogP contribution in [0.2, 0.25) is 4.34 Å². The van der Waals surface area contributed by atoms with Crippen LogP contribution >= 0.6 is 22.9 Å². The molecule has 0 aliphatic rings. The molecule has 0 spiro atoms. The minimum Gasteiger partial charge on any atom is -0.395 e. The number of benzene rings is 1. The molecule has 0 fully saturated rings. The van der Waals surface area contributed by atoms with Gasteiger partial charge in [0.1, 0.15) is 0 Å². The molecule has 1 amide bonds. The highest BCUT2D eigenvalue weighted by atomic mass is 35.5. The first kappa shape index (κ1) is 16.8. The lowest BCUT2D eigenvalue weighted by atomic mass is 10.2. The van der Waals surface area contributed by atoms with Gasteiger partial charge in [0.15, 0.2) is 0 Å². The molecule has 0 saturated carbocycles. The number of anilines is 2. The van der Waals surface area contributed by atoms with Crippen LogP contribution in [-0.4, -0.2) is 31.2 Å². The molecule has 2 N–H and O–H groups in total. The fourth-order valence-corrected chi connectivity index (χ4v) is 3.11. The minimum absolute atomic E-state index is 0.0130. The summed E-state index contributed by atoms with van der Waals surface area (Å²) in [7, 11) is 1.91. The third-order valence-electron chi connectivity index (χ3n) is 3.25. The molecule has 2 rings (SSSR count). The molecule has 0 radical (unpaired) electrons. The number of carbonyl (C=O) groups excluding carboxylic acids is 1. The van der Waals surface area contributed by atoms with Gasteiger partial charge in [-0.2, -0.15) is 0 Å².